The van der Waals surface area contributed by atoms with Crippen LogP contribution in [0.15, 0.2) is 0 Å². The Labute approximate surface area is 116 Å². The lowest BCUT2D eigenvalue weighted by Crippen LogP contribution is -2.53. The molecule has 0 aromatic carbocycles. The minimum absolute atomic E-state index is 0.0872. The van der Waals surface area contributed by atoms with E-state index in [9.17, 15) is 14.4 Å². The third kappa shape index (κ3) is 4.69. The summed E-state index contributed by atoms with van der Waals surface area (Å²) < 4.78 is 0. The van der Waals surface area contributed by atoms with Crippen LogP contribution in [-0.2, 0) is 9.59 Å². The lowest BCUT2D eigenvalue weighted by atomic mass is 10.2. The van der Waals surface area contributed by atoms with Crippen LogP contribution >= 0.6 is 0 Å². The molecule has 0 saturated heterocycles. The van der Waals surface area contributed by atoms with Crippen LogP contribution in [0.3, 0.4) is 0 Å². The minimum Gasteiger partial charge on any atom is -0.480 e. The van der Waals surface area contributed by atoms with Crippen molar-refractivity contribution in [2.45, 2.75) is 44.2 Å². The molecule has 8 nitrogen and oxygen atoms in total. The number of urea groups is 1. The largest absolute Gasteiger partial charge is 0.480 e. The lowest BCUT2D eigenvalue weighted by molar-refractivity contribution is -0.139. The van der Waals surface area contributed by atoms with E-state index in [1.807, 2.05) is 0 Å². The van der Waals surface area contributed by atoms with Gasteiger partial charge in [-0.2, -0.15) is 0 Å². The summed E-state index contributed by atoms with van der Waals surface area (Å²) in [6, 6.07) is -1.90. The van der Waals surface area contributed by atoms with E-state index < -0.39 is 23.9 Å². The van der Waals surface area contributed by atoms with Crippen LogP contribution in [0.1, 0.15) is 32.1 Å². The van der Waals surface area contributed by atoms with Crippen LogP contribution in [0.4, 0.5) is 4.79 Å². The molecule has 114 valence electrons. The highest BCUT2D eigenvalue weighted by Crippen LogP contribution is 2.23. The van der Waals surface area contributed by atoms with Crippen molar-refractivity contribution in [1.29, 1.82) is 0 Å². The molecule has 0 spiro atoms. The second-order valence-corrected chi connectivity index (χ2v) is 4.89. The first-order valence-electron chi connectivity index (χ1n) is 6.64. The molecule has 0 unspecified atom stereocenters. The molecule has 0 aromatic rings. The van der Waals surface area contributed by atoms with Crippen molar-refractivity contribution in [3.8, 4) is 0 Å². The number of aliphatic hydroxyl groups excluding tert-OH is 1. The smallest absolute Gasteiger partial charge is 0.326 e. The number of carboxylic acids is 1. The van der Waals surface area contributed by atoms with Gasteiger partial charge < -0.3 is 26.2 Å². The molecule has 1 saturated carbocycles. The highest BCUT2D eigenvalue weighted by molar-refractivity contribution is 5.86. The van der Waals surface area contributed by atoms with Crippen molar-refractivity contribution in [2.24, 2.45) is 5.73 Å². The molecule has 0 aromatic heterocycles. The van der Waals surface area contributed by atoms with Crippen LogP contribution in [-0.4, -0.2) is 58.3 Å². The molecule has 1 rings (SSSR count). The van der Waals surface area contributed by atoms with Crippen LogP contribution in [0.2, 0.25) is 0 Å². The maximum atomic E-state index is 12.1. The van der Waals surface area contributed by atoms with E-state index in [4.69, 9.17) is 15.9 Å². The number of aliphatic hydroxyl groups is 1. The van der Waals surface area contributed by atoms with Gasteiger partial charge in [0.1, 0.15) is 12.6 Å². The number of nitrogens with one attached hydrogen (secondary N) is 1. The number of carboxylic acid groups (broad SMARTS) is 1. The van der Waals surface area contributed by atoms with E-state index >= 15 is 0 Å². The summed E-state index contributed by atoms with van der Waals surface area (Å²) in [7, 11) is 0. The Kier molecular flexibility index (Phi) is 6.23. The van der Waals surface area contributed by atoms with Crippen LogP contribution in [0.25, 0.3) is 0 Å². The van der Waals surface area contributed by atoms with Gasteiger partial charge in [0.2, 0.25) is 5.91 Å². The highest BCUT2D eigenvalue weighted by Gasteiger charge is 2.30. The Morgan fingerprint density at radius 1 is 1.30 bits per heavy atom. The van der Waals surface area contributed by atoms with Gasteiger partial charge in [0.05, 0.1) is 0 Å². The van der Waals surface area contributed by atoms with Gasteiger partial charge in [0, 0.05) is 19.1 Å². The standard InChI is InChI=1S/C12H21N3O5/c13-10(17)7-15(8-3-1-2-4-8)12(20)14-9(5-6-16)11(18)19/h8-9,16H,1-7H2,(H2,13,17)(H,14,20)(H,18,19)/t9-/m1/s1. The molecule has 1 aliphatic carbocycles. The van der Waals surface area contributed by atoms with Crippen molar-refractivity contribution < 1.29 is 24.6 Å². The molecular weight excluding hydrogens is 266 g/mol. The molecule has 0 bridgehead atoms. The second kappa shape index (κ2) is 7.68. The first-order valence-corrected chi connectivity index (χ1v) is 6.64. The number of nitrogens with two attached hydrogens (primary N) is 1. The zero-order valence-corrected chi connectivity index (χ0v) is 11.2. The first kappa shape index (κ1) is 16.2. The molecule has 8 heteroatoms. The minimum atomic E-state index is -1.22. The van der Waals surface area contributed by atoms with Gasteiger partial charge in [-0.05, 0) is 12.8 Å². The monoisotopic (exact) mass is 287 g/mol. The fourth-order valence-corrected chi connectivity index (χ4v) is 2.37. The number of nitrogens with zero attached hydrogens (tertiary/aromatic N) is 1. The molecule has 5 N–H and O–H groups in total. The van der Waals surface area contributed by atoms with E-state index in [1.165, 1.54) is 4.90 Å². The van der Waals surface area contributed by atoms with Crippen LogP contribution < -0.4 is 11.1 Å². The van der Waals surface area contributed by atoms with Gasteiger partial charge >= 0.3 is 12.0 Å². The summed E-state index contributed by atoms with van der Waals surface area (Å²) in [5.41, 5.74) is 5.13. The quantitative estimate of drug-likeness (QED) is 0.489. The molecule has 3 amide bonds. The number of hydrogen-bond donors (Lipinski definition) is 4. The number of carbonyl (C=O) groups is 3. The fraction of sp³-hybridized carbons (Fsp3) is 0.750. The highest BCUT2D eigenvalue weighted by atomic mass is 16.4. The third-order valence-electron chi connectivity index (χ3n) is 3.37. The van der Waals surface area contributed by atoms with Gasteiger partial charge in [-0.15, -0.1) is 0 Å². The van der Waals surface area contributed by atoms with Gasteiger partial charge in [-0.25, -0.2) is 9.59 Å². The maximum Gasteiger partial charge on any atom is 0.326 e. The average molecular weight is 287 g/mol. The SMILES string of the molecule is NC(=O)CN(C(=O)N[C@H](CCO)C(=O)O)C1CCCC1. The predicted molar refractivity (Wildman–Crippen MR) is 69.8 cm³/mol. The second-order valence-electron chi connectivity index (χ2n) is 4.89. The molecule has 1 fully saturated rings. The van der Waals surface area contributed by atoms with Gasteiger partial charge in [-0.1, -0.05) is 12.8 Å². The Hall–Kier alpha value is -1.83. The number of carbonyl (C=O) groups excluding carboxylic acids is 2. The van der Waals surface area contributed by atoms with E-state index in [-0.39, 0.29) is 25.6 Å². The summed E-state index contributed by atoms with van der Waals surface area (Å²) >= 11 is 0. The van der Waals surface area contributed by atoms with Crippen molar-refractivity contribution in [1.82, 2.24) is 10.2 Å². The van der Waals surface area contributed by atoms with Crippen molar-refractivity contribution in [3.63, 3.8) is 0 Å². The number of aliphatic carboxylic acids is 1. The lowest BCUT2D eigenvalue weighted by Gasteiger charge is -2.29. The van der Waals surface area contributed by atoms with Crippen LogP contribution in [0.5, 0.6) is 0 Å². The van der Waals surface area contributed by atoms with Crippen LogP contribution in [0, 0.1) is 0 Å². The summed E-state index contributed by atoms with van der Waals surface area (Å²) in [5, 5.41) is 20.1. The van der Waals surface area contributed by atoms with Gasteiger partial charge in [0.15, 0.2) is 0 Å². The van der Waals surface area contributed by atoms with E-state index in [0.29, 0.717) is 0 Å². The summed E-state index contributed by atoms with van der Waals surface area (Å²) in [4.78, 5) is 35.4. The zero-order chi connectivity index (χ0) is 15.1. The maximum absolute atomic E-state index is 12.1. The van der Waals surface area contributed by atoms with Gasteiger partial charge in [0.25, 0.3) is 0 Å². The number of rotatable bonds is 7. The van der Waals surface area contributed by atoms with E-state index in [0.717, 1.165) is 25.7 Å². The molecule has 0 aliphatic heterocycles. The normalized spacial score (nSPS) is 16.6. The molecular formula is C12H21N3O5. The zero-order valence-electron chi connectivity index (χ0n) is 11.2. The van der Waals surface area contributed by atoms with E-state index in [2.05, 4.69) is 5.32 Å². The first-order chi connectivity index (χ1) is 9.45. The fourth-order valence-electron chi connectivity index (χ4n) is 2.37. The molecule has 0 heterocycles. The number of primary amides is 1. The number of hydrogen-bond acceptors (Lipinski definition) is 4. The average Bonchev–Trinajstić information content (AvgIpc) is 2.88. The Bertz CT molecular complexity index is 368. The number of amides is 3. The Balaban J connectivity index is 2.70. The molecule has 20 heavy (non-hydrogen) atoms. The Morgan fingerprint density at radius 3 is 2.35 bits per heavy atom. The Morgan fingerprint density at radius 2 is 1.90 bits per heavy atom. The molecule has 0 radical (unpaired) electrons. The summed E-state index contributed by atoms with van der Waals surface area (Å²) in [6.07, 6.45) is 3.39. The third-order valence-corrected chi connectivity index (χ3v) is 3.37. The van der Waals surface area contributed by atoms with Gasteiger partial charge in [-0.3, -0.25) is 4.79 Å². The van der Waals surface area contributed by atoms with Crippen molar-refractivity contribution in [3.05, 3.63) is 0 Å². The van der Waals surface area contributed by atoms with Crippen molar-refractivity contribution in [2.75, 3.05) is 13.2 Å². The molecule has 1 atom stereocenters. The summed E-state index contributed by atoms with van der Waals surface area (Å²) in [5.74, 6) is -1.86. The van der Waals surface area contributed by atoms with Crippen molar-refractivity contribution >= 4 is 17.9 Å². The summed E-state index contributed by atoms with van der Waals surface area (Å²) in [6.45, 7) is -0.585. The van der Waals surface area contributed by atoms with E-state index in [1.54, 1.807) is 0 Å². The predicted octanol–water partition coefficient (Wildman–Crippen LogP) is -0.738. The topological polar surface area (TPSA) is 133 Å². The molecule has 1 aliphatic rings.